The number of carbonyl (C=O) groups excluding carboxylic acids is 2. The SMILES string of the molecule is CCC(F)(F)c1cccc(NC(=O)/C(NO)=C(\C)NC(=O)c2ccc(OC)c(-c3ncccn3)c2C)c1. The van der Waals surface area contributed by atoms with Crippen molar-refractivity contribution in [2.45, 2.75) is 33.1 Å². The standard InChI is InChI=1S/C26H27F2N5O4/c1-5-26(27,28)17-8-6-9-18(14-17)32-25(35)22(33-36)16(3)31-24(34)19-10-11-20(37-4)21(15(19)2)23-29-12-7-13-30-23/h6-14,33,36H,5H2,1-4H3,(H,31,34)(H,32,35)/b22-16-. The zero-order chi connectivity index (χ0) is 27.2. The molecule has 2 amide bonds. The Morgan fingerprint density at radius 3 is 2.43 bits per heavy atom. The molecule has 0 atom stereocenters. The number of aromatic nitrogens is 2. The number of anilines is 1. The van der Waals surface area contributed by atoms with E-state index in [1.807, 2.05) is 0 Å². The van der Waals surface area contributed by atoms with Crippen LogP contribution in [0.4, 0.5) is 14.5 Å². The van der Waals surface area contributed by atoms with Crippen molar-refractivity contribution >= 4 is 17.5 Å². The van der Waals surface area contributed by atoms with Crippen molar-refractivity contribution in [1.29, 1.82) is 0 Å². The maximum atomic E-state index is 14.0. The van der Waals surface area contributed by atoms with Crippen molar-refractivity contribution < 1.29 is 28.3 Å². The van der Waals surface area contributed by atoms with Crippen LogP contribution in [0.3, 0.4) is 0 Å². The number of nitrogens with zero attached hydrogens (tertiary/aromatic N) is 2. The van der Waals surface area contributed by atoms with E-state index < -0.39 is 24.2 Å². The fraction of sp³-hybridized carbons (Fsp3) is 0.231. The van der Waals surface area contributed by atoms with Crippen molar-refractivity contribution in [2.24, 2.45) is 0 Å². The second-order valence-corrected chi connectivity index (χ2v) is 8.05. The second kappa shape index (κ2) is 11.6. The smallest absolute Gasteiger partial charge is 0.275 e. The van der Waals surface area contributed by atoms with Crippen molar-refractivity contribution in [3.05, 3.63) is 82.9 Å². The Labute approximate surface area is 212 Å². The van der Waals surface area contributed by atoms with Gasteiger partial charge in [-0.2, -0.15) is 0 Å². The fourth-order valence-corrected chi connectivity index (χ4v) is 3.64. The quantitative estimate of drug-likeness (QED) is 0.245. The number of amides is 2. The van der Waals surface area contributed by atoms with Gasteiger partial charge in [0.25, 0.3) is 17.7 Å². The summed E-state index contributed by atoms with van der Waals surface area (Å²) >= 11 is 0. The number of nitrogens with one attached hydrogen (secondary N) is 3. The molecule has 0 aliphatic heterocycles. The molecule has 1 heterocycles. The van der Waals surface area contributed by atoms with Crippen molar-refractivity contribution in [3.63, 3.8) is 0 Å². The summed E-state index contributed by atoms with van der Waals surface area (Å²) in [7, 11) is 1.49. The fourth-order valence-electron chi connectivity index (χ4n) is 3.64. The molecule has 3 rings (SSSR count). The largest absolute Gasteiger partial charge is 0.496 e. The van der Waals surface area contributed by atoms with Crippen molar-refractivity contribution in [1.82, 2.24) is 20.8 Å². The highest BCUT2D eigenvalue weighted by Crippen LogP contribution is 2.33. The molecule has 37 heavy (non-hydrogen) atoms. The second-order valence-electron chi connectivity index (χ2n) is 8.05. The lowest BCUT2D eigenvalue weighted by molar-refractivity contribution is -0.114. The van der Waals surface area contributed by atoms with Gasteiger partial charge in [0.15, 0.2) is 5.82 Å². The molecule has 1 aromatic heterocycles. The van der Waals surface area contributed by atoms with E-state index in [4.69, 9.17) is 4.74 Å². The van der Waals surface area contributed by atoms with Gasteiger partial charge >= 0.3 is 0 Å². The Bertz CT molecular complexity index is 1330. The van der Waals surface area contributed by atoms with Crippen LogP contribution in [-0.4, -0.2) is 34.1 Å². The van der Waals surface area contributed by atoms with Gasteiger partial charge in [0.1, 0.15) is 11.4 Å². The van der Waals surface area contributed by atoms with E-state index in [0.29, 0.717) is 22.7 Å². The molecule has 0 radical (unpaired) electrons. The van der Waals surface area contributed by atoms with E-state index in [0.717, 1.165) is 6.07 Å². The Morgan fingerprint density at radius 1 is 1.11 bits per heavy atom. The summed E-state index contributed by atoms with van der Waals surface area (Å²) < 4.78 is 33.5. The molecule has 0 aliphatic rings. The molecule has 0 aliphatic carbocycles. The summed E-state index contributed by atoms with van der Waals surface area (Å²) in [5, 5.41) is 14.6. The number of hydrogen-bond acceptors (Lipinski definition) is 7. The number of hydroxylamine groups is 1. The van der Waals surface area contributed by atoms with Gasteiger partial charge in [-0.05, 0) is 49.7 Å². The van der Waals surface area contributed by atoms with Crippen LogP contribution in [0.25, 0.3) is 11.4 Å². The van der Waals surface area contributed by atoms with Crippen LogP contribution in [0.2, 0.25) is 0 Å². The van der Waals surface area contributed by atoms with E-state index in [1.54, 1.807) is 43.0 Å². The van der Waals surface area contributed by atoms with Crippen LogP contribution in [0.1, 0.15) is 41.8 Å². The summed E-state index contributed by atoms with van der Waals surface area (Å²) in [5.41, 5.74) is 2.55. The van der Waals surface area contributed by atoms with E-state index in [9.17, 15) is 23.6 Å². The molecule has 4 N–H and O–H groups in total. The Kier molecular flexibility index (Phi) is 8.51. The molecule has 194 valence electrons. The highest BCUT2D eigenvalue weighted by molar-refractivity contribution is 6.05. The molecule has 0 saturated heterocycles. The summed E-state index contributed by atoms with van der Waals surface area (Å²) in [6.07, 6.45) is 2.73. The minimum absolute atomic E-state index is 0.00669. The normalized spacial score (nSPS) is 11.9. The molecule has 3 aromatic rings. The van der Waals surface area contributed by atoms with Crippen LogP contribution >= 0.6 is 0 Å². The van der Waals surface area contributed by atoms with Gasteiger partial charge in [0.2, 0.25) is 0 Å². The molecule has 0 unspecified atom stereocenters. The maximum absolute atomic E-state index is 14.0. The first-order valence-corrected chi connectivity index (χ1v) is 11.3. The molecule has 0 fully saturated rings. The van der Waals surface area contributed by atoms with Gasteiger partial charge in [0.05, 0.1) is 12.7 Å². The lowest BCUT2D eigenvalue weighted by Gasteiger charge is -2.17. The first-order chi connectivity index (χ1) is 17.6. The first kappa shape index (κ1) is 27.2. The third-order valence-corrected chi connectivity index (χ3v) is 5.68. The number of methoxy groups -OCH3 is 1. The first-order valence-electron chi connectivity index (χ1n) is 11.3. The number of rotatable bonds is 9. The maximum Gasteiger partial charge on any atom is 0.275 e. The summed E-state index contributed by atoms with van der Waals surface area (Å²) in [6, 6.07) is 10.0. The summed E-state index contributed by atoms with van der Waals surface area (Å²) in [5.74, 6) is -3.63. The zero-order valence-electron chi connectivity index (χ0n) is 20.7. The van der Waals surface area contributed by atoms with Gasteiger partial charge in [0, 0.05) is 41.3 Å². The molecule has 2 aromatic carbocycles. The molecule has 11 heteroatoms. The number of benzene rings is 2. The van der Waals surface area contributed by atoms with Crippen LogP contribution in [-0.2, 0) is 10.7 Å². The Hall–Kier alpha value is -4.38. The highest BCUT2D eigenvalue weighted by Gasteiger charge is 2.29. The van der Waals surface area contributed by atoms with Gasteiger partial charge < -0.3 is 15.4 Å². The van der Waals surface area contributed by atoms with Gasteiger partial charge in [-0.3, -0.25) is 20.3 Å². The van der Waals surface area contributed by atoms with Gasteiger partial charge in [-0.1, -0.05) is 19.1 Å². The minimum atomic E-state index is -3.06. The average Bonchev–Trinajstić information content (AvgIpc) is 2.89. The lowest BCUT2D eigenvalue weighted by Crippen LogP contribution is -2.31. The van der Waals surface area contributed by atoms with Crippen LogP contribution in [0.5, 0.6) is 5.75 Å². The number of carbonyl (C=O) groups is 2. The van der Waals surface area contributed by atoms with Crippen molar-refractivity contribution in [3.8, 4) is 17.1 Å². The minimum Gasteiger partial charge on any atom is -0.496 e. The van der Waals surface area contributed by atoms with E-state index in [1.165, 1.54) is 39.2 Å². The van der Waals surface area contributed by atoms with E-state index in [2.05, 4.69) is 20.6 Å². The van der Waals surface area contributed by atoms with Crippen LogP contribution < -0.4 is 20.9 Å². The van der Waals surface area contributed by atoms with E-state index in [-0.39, 0.29) is 28.2 Å². The van der Waals surface area contributed by atoms with Gasteiger partial charge in [-0.15, -0.1) is 0 Å². The topological polar surface area (TPSA) is 125 Å². The molecule has 0 saturated carbocycles. The summed E-state index contributed by atoms with van der Waals surface area (Å²) in [4.78, 5) is 34.3. The Balaban J connectivity index is 1.87. The van der Waals surface area contributed by atoms with Crippen LogP contribution in [0.15, 0.2) is 66.3 Å². The lowest BCUT2D eigenvalue weighted by atomic mass is 9.99. The molecular weight excluding hydrogens is 484 g/mol. The number of ether oxygens (including phenoxy) is 1. The summed E-state index contributed by atoms with van der Waals surface area (Å²) in [6.45, 7) is 4.46. The molecular formula is C26H27F2N5O4. The predicted octanol–water partition coefficient (Wildman–Crippen LogP) is 4.54. The number of allylic oxidation sites excluding steroid dienone is 1. The monoisotopic (exact) mass is 511 g/mol. The third kappa shape index (κ3) is 6.07. The molecule has 0 spiro atoms. The average molecular weight is 512 g/mol. The highest BCUT2D eigenvalue weighted by atomic mass is 19.3. The zero-order valence-corrected chi connectivity index (χ0v) is 20.7. The van der Waals surface area contributed by atoms with E-state index >= 15 is 0 Å². The predicted molar refractivity (Wildman–Crippen MR) is 133 cm³/mol. The molecule has 0 bridgehead atoms. The van der Waals surface area contributed by atoms with Crippen molar-refractivity contribution in [2.75, 3.05) is 12.4 Å². The number of alkyl halides is 2. The number of halogens is 2. The van der Waals surface area contributed by atoms with Gasteiger partial charge in [-0.25, -0.2) is 18.7 Å². The number of hydrogen-bond donors (Lipinski definition) is 4. The molecule has 9 nitrogen and oxygen atoms in total. The van der Waals surface area contributed by atoms with Crippen LogP contribution in [0, 0.1) is 6.92 Å². The third-order valence-electron chi connectivity index (χ3n) is 5.68. The Morgan fingerprint density at radius 2 is 1.81 bits per heavy atom.